The predicted molar refractivity (Wildman–Crippen MR) is 255 cm³/mol. The van der Waals surface area contributed by atoms with E-state index in [2.05, 4.69) is 41.7 Å². The summed E-state index contributed by atoms with van der Waals surface area (Å²) in [6.07, 6.45) is 1.05. The van der Waals surface area contributed by atoms with Crippen molar-refractivity contribution in [2.75, 3.05) is 47.2 Å². The number of para-hydroxylation sites is 2. The largest absolute Gasteiger partial charge is 0.491 e. The maximum Gasteiger partial charge on any atom is 0.258 e. The van der Waals surface area contributed by atoms with Gasteiger partial charge in [-0.15, -0.1) is 23.2 Å². The Kier molecular flexibility index (Phi) is 18.3. The van der Waals surface area contributed by atoms with Crippen LogP contribution in [0.5, 0.6) is 11.5 Å². The second-order valence-corrected chi connectivity index (χ2v) is 15.6. The number of carbonyl (C=O) groups is 6. The van der Waals surface area contributed by atoms with Crippen molar-refractivity contribution in [3.05, 3.63) is 129 Å². The van der Waals surface area contributed by atoms with Gasteiger partial charge in [-0.1, -0.05) is 71.7 Å². The van der Waals surface area contributed by atoms with Crippen LogP contribution in [0, 0.1) is 0 Å². The summed E-state index contributed by atoms with van der Waals surface area (Å²) in [5.74, 6) is -3.72. The van der Waals surface area contributed by atoms with E-state index in [1.165, 1.54) is 62.8 Å². The number of nitrogens with one attached hydrogen (secondary N) is 4. The topological polar surface area (TPSA) is 218 Å². The first kappa shape index (κ1) is 50.3. The van der Waals surface area contributed by atoms with Gasteiger partial charge in [-0.2, -0.15) is 20.5 Å². The molecule has 2 atom stereocenters. The third kappa shape index (κ3) is 12.5. The van der Waals surface area contributed by atoms with Gasteiger partial charge in [0.25, 0.3) is 23.6 Å². The summed E-state index contributed by atoms with van der Waals surface area (Å²) < 4.78 is 11.1. The van der Waals surface area contributed by atoms with E-state index in [-0.39, 0.29) is 55.4 Å². The molecule has 0 radical (unpaired) electrons. The lowest BCUT2D eigenvalue weighted by molar-refractivity contribution is -0.127. The first-order valence-corrected chi connectivity index (χ1v) is 21.7. The number of rotatable bonds is 20. The van der Waals surface area contributed by atoms with Crippen LogP contribution in [0.2, 0.25) is 10.0 Å². The number of nitrogens with zero attached hydrogens (tertiary/aromatic N) is 4. The van der Waals surface area contributed by atoms with Crippen LogP contribution in [-0.4, -0.2) is 73.3 Å². The van der Waals surface area contributed by atoms with Gasteiger partial charge in [-0.3, -0.25) is 28.8 Å². The van der Waals surface area contributed by atoms with Crippen molar-refractivity contribution in [1.82, 2.24) is 0 Å². The first-order valence-electron chi connectivity index (χ1n) is 19.9. The Morgan fingerprint density at radius 2 is 0.894 bits per heavy atom. The number of carbonyl (C=O) groups excluding carboxylic acids is 6. The van der Waals surface area contributed by atoms with E-state index in [4.69, 9.17) is 55.9 Å². The number of anilines is 4. The summed E-state index contributed by atoms with van der Waals surface area (Å²) >= 11 is 25.0. The highest BCUT2D eigenvalue weighted by atomic mass is 35.5. The van der Waals surface area contributed by atoms with Crippen molar-refractivity contribution in [3.8, 4) is 11.5 Å². The fourth-order valence-corrected chi connectivity index (χ4v) is 7.20. The molecular weight excluding hydrogens is 934 g/mol. The average Bonchev–Trinajstić information content (AvgIpc) is 3.29. The molecule has 0 fully saturated rings. The Morgan fingerprint density at radius 3 is 1.24 bits per heavy atom. The van der Waals surface area contributed by atoms with Crippen LogP contribution in [0.4, 0.5) is 34.1 Å². The number of hydrogen-bond donors (Lipinski definition) is 4. The van der Waals surface area contributed by atoms with Crippen molar-refractivity contribution in [2.24, 2.45) is 20.5 Å². The van der Waals surface area contributed by atoms with Crippen molar-refractivity contribution in [2.45, 2.75) is 38.8 Å². The quantitative estimate of drug-likeness (QED) is 0.0333. The number of halogens is 4. The number of amides is 4. The molecule has 4 amide bonds. The maximum absolute atomic E-state index is 13.6. The summed E-state index contributed by atoms with van der Waals surface area (Å²) in [7, 11) is 2.54. The van der Waals surface area contributed by atoms with Crippen molar-refractivity contribution in [3.63, 3.8) is 0 Å². The molecule has 0 spiro atoms. The normalized spacial score (nSPS) is 12.0. The molecule has 5 aromatic carbocycles. The van der Waals surface area contributed by atoms with Gasteiger partial charge in [-0.05, 0) is 86.3 Å². The smallest absolute Gasteiger partial charge is 0.258 e. The van der Waals surface area contributed by atoms with Crippen molar-refractivity contribution in [1.29, 1.82) is 0 Å². The predicted octanol–water partition coefficient (Wildman–Crippen LogP) is 10.4. The Balaban J connectivity index is 1.31. The van der Waals surface area contributed by atoms with Gasteiger partial charge < -0.3 is 30.7 Å². The number of hydrogen-bond acceptors (Lipinski definition) is 12. The minimum Gasteiger partial charge on any atom is -0.491 e. The lowest BCUT2D eigenvalue weighted by Gasteiger charge is -2.19. The van der Waals surface area contributed by atoms with Crippen LogP contribution in [0.15, 0.2) is 118 Å². The number of Topliss-reactive ketones (excluding diaryl/α,β-unsaturated/α-hetero) is 2. The van der Waals surface area contributed by atoms with Crippen LogP contribution < -0.4 is 30.7 Å². The summed E-state index contributed by atoms with van der Waals surface area (Å²) in [4.78, 5) is 79.0. The Morgan fingerprint density at radius 1 is 0.515 bits per heavy atom. The number of benzene rings is 5. The zero-order valence-corrected chi connectivity index (χ0v) is 38.8. The molecule has 0 bridgehead atoms. The SMILES string of the molecule is COc1c(NC(=O)C(N=Nc2cccc(C(=O)Nc3ccccc3CCCl)c2Cl)C(C)=O)ccc(NC(=O)C(N=Nc2cccc(C(=O)Nc3ccccc3CCCl)c2Cl)C(C)=O)c1OC. The van der Waals surface area contributed by atoms with E-state index in [1.54, 1.807) is 24.3 Å². The van der Waals surface area contributed by atoms with Gasteiger partial charge in [0.15, 0.2) is 23.1 Å². The molecule has 5 rings (SSSR count). The minimum atomic E-state index is -1.68. The number of methoxy groups -OCH3 is 2. The monoisotopic (exact) mass is 974 g/mol. The third-order valence-corrected chi connectivity index (χ3v) is 10.7. The Bertz CT molecular complexity index is 2530. The van der Waals surface area contributed by atoms with E-state index in [9.17, 15) is 28.8 Å². The molecule has 0 saturated carbocycles. The molecule has 66 heavy (non-hydrogen) atoms. The molecule has 20 heteroatoms. The van der Waals surface area contributed by atoms with Gasteiger partial charge in [0.1, 0.15) is 11.4 Å². The highest BCUT2D eigenvalue weighted by Crippen LogP contribution is 2.42. The van der Waals surface area contributed by atoms with E-state index in [0.717, 1.165) is 25.0 Å². The fourth-order valence-electron chi connectivity index (χ4n) is 6.29. The summed E-state index contributed by atoms with van der Waals surface area (Å²) in [5, 5.41) is 26.7. The van der Waals surface area contributed by atoms with Gasteiger partial charge in [0, 0.05) is 23.1 Å². The molecule has 342 valence electrons. The molecule has 0 aliphatic rings. The first-order chi connectivity index (χ1) is 31.7. The highest BCUT2D eigenvalue weighted by Gasteiger charge is 2.29. The van der Waals surface area contributed by atoms with Crippen LogP contribution >= 0.6 is 46.4 Å². The summed E-state index contributed by atoms with van der Waals surface area (Å²) in [6, 6.07) is 22.6. The van der Waals surface area contributed by atoms with E-state index in [1.807, 2.05) is 24.3 Å². The molecule has 5 aromatic rings. The zero-order chi connectivity index (χ0) is 47.9. The Labute approximate surface area is 399 Å². The summed E-state index contributed by atoms with van der Waals surface area (Å²) in [6.45, 7) is 2.28. The molecule has 0 aromatic heterocycles. The second kappa shape index (κ2) is 24.0. The maximum atomic E-state index is 13.6. The fraction of sp³-hybridized carbons (Fsp3) is 0.217. The van der Waals surface area contributed by atoms with Gasteiger partial charge in [0.2, 0.25) is 12.1 Å². The van der Waals surface area contributed by atoms with E-state index >= 15 is 0 Å². The van der Waals surface area contributed by atoms with Crippen molar-refractivity contribution >= 4 is 116 Å². The standard InChI is InChI=1S/C46H42Cl4N8O8/c1-25(59)39(57-55-33-17-9-13-29(37(33)49)43(61)51-31-15-7-5-11-27(31)21-23-47)45(63)53-35-19-20-36(42(66-4)41(35)65-3)54-46(64)40(26(2)60)58-56-34-18-10-14-30(38(34)50)44(62)52-32-16-8-6-12-28(32)22-24-48/h5-20,39-40H,21-24H2,1-4H3,(H,51,61)(H,52,62)(H,53,63)(H,54,64). The number of ether oxygens (including phenoxy) is 2. The Hall–Kier alpha value is -6.72. The average molecular weight is 977 g/mol. The van der Waals surface area contributed by atoms with Crippen LogP contribution in [0.25, 0.3) is 0 Å². The van der Waals surface area contributed by atoms with Gasteiger partial charge in [-0.25, -0.2) is 0 Å². The van der Waals surface area contributed by atoms with E-state index < -0.39 is 47.3 Å². The molecule has 16 nitrogen and oxygen atoms in total. The minimum absolute atomic E-state index is 0.00819. The lowest BCUT2D eigenvalue weighted by Crippen LogP contribution is -2.32. The third-order valence-electron chi connectivity index (χ3n) is 9.57. The lowest BCUT2D eigenvalue weighted by atomic mass is 10.1. The molecule has 2 unspecified atom stereocenters. The van der Waals surface area contributed by atoms with Crippen LogP contribution in [0.1, 0.15) is 45.7 Å². The summed E-state index contributed by atoms with van der Waals surface area (Å²) in [5.41, 5.74) is 2.94. The molecule has 0 aliphatic heterocycles. The highest BCUT2D eigenvalue weighted by molar-refractivity contribution is 6.37. The van der Waals surface area contributed by atoms with Gasteiger partial charge >= 0.3 is 0 Å². The van der Waals surface area contributed by atoms with Gasteiger partial charge in [0.05, 0.1) is 46.8 Å². The second-order valence-electron chi connectivity index (χ2n) is 14.0. The number of ketones is 2. The van der Waals surface area contributed by atoms with Crippen molar-refractivity contribution < 1.29 is 38.2 Å². The zero-order valence-electron chi connectivity index (χ0n) is 35.8. The van der Waals surface area contributed by atoms with Crippen LogP contribution in [0.3, 0.4) is 0 Å². The molecular formula is C46H42Cl4N8O8. The van der Waals surface area contributed by atoms with E-state index in [0.29, 0.717) is 36.0 Å². The molecule has 0 aliphatic carbocycles. The molecule has 0 saturated heterocycles. The molecule has 4 N–H and O–H groups in total. The van der Waals surface area contributed by atoms with Crippen LogP contribution in [-0.2, 0) is 32.0 Å². The number of alkyl halides is 2. The number of aryl methyl sites for hydroxylation is 2. The molecule has 0 heterocycles. The number of azo groups is 2.